The molecule has 0 N–H and O–H groups in total. The number of amides is 1. The first kappa shape index (κ1) is 13.5. The molecular formula is C12H12ClFN2O. The first-order chi connectivity index (χ1) is 8.11. The SMILES string of the molecule is CCCN(CC#N)C(=O)c1cccc(F)c1Cl. The van der Waals surface area contributed by atoms with Crippen LogP contribution < -0.4 is 0 Å². The number of benzene rings is 1. The molecule has 1 aromatic carbocycles. The zero-order valence-electron chi connectivity index (χ0n) is 9.41. The Labute approximate surface area is 104 Å². The lowest BCUT2D eigenvalue weighted by atomic mass is 10.2. The van der Waals surface area contributed by atoms with E-state index in [0.29, 0.717) is 6.54 Å². The second-order valence-electron chi connectivity index (χ2n) is 3.49. The van der Waals surface area contributed by atoms with E-state index in [9.17, 15) is 9.18 Å². The van der Waals surface area contributed by atoms with E-state index in [4.69, 9.17) is 16.9 Å². The second-order valence-corrected chi connectivity index (χ2v) is 3.86. The maximum absolute atomic E-state index is 13.2. The van der Waals surface area contributed by atoms with Gasteiger partial charge in [0.1, 0.15) is 12.4 Å². The van der Waals surface area contributed by atoms with Gasteiger partial charge in [0.15, 0.2) is 0 Å². The maximum atomic E-state index is 13.2. The van der Waals surface area contributed by atoms with E-state index in [-0.39, 0.29) is 17.1 Å². The molecule has 0 aliphatic carbocycles. The molecule has 0 saturated heterocycles. The van der Waals surface area contributed by atoms with Gasteiger partial charge < -0.3 is 4.90 Å². The highest BCUT2D eigenvalue weighted by Crippen LogP contribution is 2.21. The fourth-order valence-corrected chi connectivity index (χ4v) is 1.65. The van der Waals surface area contributed by atoms with Crippen LogP contribution in [0, 0.1) is 17.1 Å². The minimum Gasteiger partial charge on any atom is -0.325 e. The van der Waals surface area contributed by atoms with E-state index < -0.39 is 11.7 Å². The molecule has 1 rings (SSSR count). The van der Waals surface area contributed by atoms with Gasteiger partial charge in [-0.25, -0.2) is 4.39 Å². The van der Waals surface area contributed by atoms with Crippen molar-refractivity contribution in [3.05, 3.63) is 34.6 Å². The Balaban J connectivity index is 3.01. The molecule has 3 nitrogen and oxygen atoms in total. The molecule has 1 aromatic rings. The summed E-state index contributed by atoms with van der Waals surface area (Å²) in [6, 6.07) is 5.97. The number of hydrogen-bond donors (Lipinski definition) is 0. The summed E-state index contributed by atoms with van der Waals surface area (Å²) in [5, 5.41) is 8.43. The highest BCUT2D eigenvalue weighted by Gasteiger charge is 2.19. The topological polar surface area (TPSA) is 44.1 Å². The van der Waals surface area contributed by atoms with E-state index in [0.717, 1.165) is 6.42 Å². The zero-order valence-corrected chi connectivity index (χ0v) is 10.2. The molecule has 0 spiro atoms. The van der Waals surface area contributed by atoms with Crippen LogP contribution in [0.5, 0.6) is 0 Å². The third kappa shape index (κ3) is 3.18. The molecule has 0 heterocycles. The third-order valence-corrected chi connectivity index (χ3v) is 2.61. The highest BCUT2D eigenvalue weighted by atomic mass is 35.5. The number of halogens is 2. The zero-order chi connectivity index (χ0) is 12.8. The molecule has 5 heteroatoms. The maximum Gasteiger partial charge on any atom is 0.256 e. The van der Waals surface area contributed by atoms with E-state index in [2.05, 4.69) is 0 Å². The summed E-state index contributed by atoms with van der Waals surface area (Å²) in [5.74, 6) is -1.05. The number of nitrogens with zero attached hydrogens (tertiary/aromatic N) is 2. The molecule has 0 aliphatic heterocycles. The fourth-order valence-electron chi connectivity index (χ4n) is 1.45. The van der Waals surface area contributed by atoms with Crippen molar-refractivity contribution < 1.29 is 9.18 Å². The van der Waals surface area contributed by atoms with Gasteiger partial charge in [-0.15, -0.1) is 0 Å². The van der Waals surface area contributed by atoms with Gasteiger partial charge in [-0.3, -0.25) is 4.79 Å². The number of nitriles is 1. The summed E-state index contributed by atoms with van der Waals surface area (Å²) in [5.41, 5.74) is 0.0929. The summed E-state index contributed by atoms with van der Waals surface area (Å²) in [6.07, 6.45) is 0.723. The Morgan fingerprint density at radius 1 is 1.59 bits per heavy atom. The van der Waals surface area contributed by atoms with Crippen molar-refractivity contribution in [3.63, 3.8) is 0 Å². The Morgan fingerprint density at radius 2 is 2.29 bits per heavy atom. The van der Waals surface area contributed by atoms with Gasteiger partial charge in [0.05, 0.1) is 16.7 Å². The highest BCUT2D eigenvalue weighted by molar-refractivity contribution is 6.34. The smallest absolute Gasteiger partial charge is 0.256 e. The quantitative estimate of drug-likeness (QED) is 0.776. The van der Waals surface area contributed by atoms with Crippen molar-refractivity contribution in [1.82, 2.24) is 4.90 Å². The predicted molar refractivity (Wildman–Crippen MR) is 63.2 cm³/mol. The summed E-state index contributed by atoms with van der Waals surface area (Å²) >= 11 is 5.73. The van der Waals surface area contributed by atoms with E-state index >= 15 is 0 Å². The third-order valence-electron chi connectivity index (χ3n) is 2.22. The number of carbonyl (C=O) groups is 1. The summed E-state index contributed by atoms with van der Waals surface area (Å²) < 4.78 is 13.2. The fraction of sp³-hybridized carbons (Fsp3) is 0.333. The average Bonchev–Trinajstić information content (AvgIpc) is 2.31. The summed E-state index contributed by atoms with van der Waals surface area (Å²) in [4.78, 5) is 13.4. The predicted octanol–water partition coefficient (Wildman–Crippen LogP) is 2.85. The monoisotopic (exact) mass is 254 g/mol. The van der Waals surface area contributed by atoms with Crippen molar-refractivity contribution in [1.29, 1.82) is 5.26 Å². The largest absolute Gasteiger partial charge is 0.325 e. The molecule has 17 heavy (non-hydrogen) atoms. The van der Waals surface area contributed by atoms with Gasteiger partial charge in [-0.05, 0) is 18.6 Å². The van der Waals surface area contributed by atoms with Gasteiger partial charge >= 0.3 is 0 Å². The summed E-state index contributed by atoms with van der Waals surface area (Å²) in [6.45, 7) is 2.31. The molecule has 0 fully saturated rings. The van der Waals surface area contributed by atoms with Crippen LogP contribution in [0.2, 0.25) is 5.02 Å². The Kier molecular flexibility index (Phi) is 4.92. The van der Waals surface area contributed by atoms with Gasteiger partial charge in [0.2, 0.25) is 0 Å². The molecule has 90 valence electrons. The Morgan fingerprint density at radius 3 is 2.88 bits per heavy atom. The number of rotatable bonds is 4. The van der Waals surface area contributed by atoms with Crippen LogP contribution in [0.15, 0.2) is 18.2 Å². The lowest BCUT2D eigenvalue weighted by molar-refractivity contribution is 0.0776. The van der Waals surface area contributed by atoms with Gasteiger partial charge in [-0.1, -0.05) is 24.6 Å². The van der Waals surface area contributed by atoms with Crippen LogP contribution >= 0.6 is 11.6 Å². The molecule has 0 atom stereocenters. The van der Waals surface area contributed by atoms with Crippen LogP contribution in [0.3, 0.4) is 0 Å². The first-order valence-electron chi connectivity index (χ1n) is 5.22. The minimum atomic E-state index is -0.633. The number of carbonyl (C=O) groups excluding carboxylic acids is 1. The van der Waals surface area contributed by atoms with Crippen LogP contribution in [-0.4, -0.2) is 23.9 Å². The van der Waals surface area contributed by atoms with Gasteiger partial charge in [-0.2, -0.15) is 5.26 Å². The van der Waals surface area contributed by atoms with Crippen LogP contribution in [0.1, 0.15) is 23.7 Å². The van der Waals surface area contributed by atoms with Crippen molar-refractivity contribution >= 4 is 17.5 Å². The molecular weight excluding hydrogens is 243 g/mol. The van der Waals surface area contributed by atoms with Crippen molar-refractivity contribution in [2.75, 3.05) is 13.1 Å². The standard InChI is InChI=1S/C12H12ClFN2O/c1-2-7-16(8-6-15)12(17)9-4-3-5-10(14)11(9)13/h3-5H,2,7-8H2,1H3. The van der Waals surface area contributed by atoms with Crippen molar-refractivity contribution in [3.8, 4) is 6.07 Å². The van der Waals surface area contributed by atoms with Crippen LogP contribution in [-0.2, 0) is 0 Å². The van der Waals surface area contributed by atoms with E-state index in [1.54, 1.807) is 0 Å². The molecule has 0 saturated carbocycles. The molecule has 0 bridgehead atoms. The second kappa shape index (κ2) is 6.21. The Bertz CT molecular complexity index is 456. The van der Waals surface area contributed by atoms with Crippen LogP contribution in [0.25, 0.3) is 0 Å². The van der Waals surface area contributed by atoms with E-state index in [1.165, 1.54) is 23.1 Å². The lowest BCUT2D eigenvalue weighted by Gasteiger charge is -2.19. The molecule has 1 amide bonds. The average molecular weight is 255 g/mol. The molecule has 0 aliphatic rings. The first-order valence-corrected chi connectivity index (χ1v) is 5.59. The summed E-state index contributed by atoms with van der Waals surface area (Å²) in [7, 11) is 0. The molecule has 0 aromatic heterocycles. The van der Waals surface area contributed by atoms with Crippen molar-refractivity contribution in [2.24, 2.45) is 0 Å². The van der Waals surface area contributed by atoms with E-state index in [1.807, 2.05) is 13.0 Å². The van der Waals surface area contributed by atoms with Crippen molar-refractivity contribution in [2.45, 2.75) is 13.3 Å². The molecule has 0 radical (unpaired) electrons. The Hall–Kier alpha value is -1.60. The van der Waals surface area contributed by atoms with Gasteiger partial charge in [0, 0.05) is 6.54 Å². The van der Waals surface area contributed by atoms with Gasteiger partial charge in [0.25, 0.3) is 5.91 Å². The lowest BCUT2D eigenvalue weighted by Crippen LogP contribution is -2.32. The van der Waals surface area contributed by atoms with Crippen LogP contribution in [0.4, 0.5) is 4.39 Å². The molecule has 0 unspecified atom stereocenters. The normalized spacial score (nSPS) is 9.76. The minimum absolute atomic E-state index is 0.0283. The number of hydrogen-bond acceptors (Lipinski definition) is 2.